The molecule has 1 saturated heterocycles. The summed E-state index contributed by atoms with van der Waals surface area (Å²) >= 11 is 0. The summed E-state index contributed by atoms with van der Waals surface area (Å²) in [5, 5.41) is 1.19. The summed E-state index contributed by atoms with van der Waals surface area (Å²) in [5.41, 5.74) is 6.96. The lowest BCUT2D eigenvalue weighted by molar-refractivity contribution is 0.0696. The molecule has 2 saturated carbocycles. The van der Waals surface area contributed by atoms with E-state index in [-0.39, 0.29) is 5.91 Å². The van der Waals surface area contributed by atoms with Gasteiger partial charge >= 0.3 is 0 Å². The molecule has 0 N–H and O–H groups in total. The number of rotatable bonds is 6. The third kappa shape index (κ3) is 3.81. The van der Waals surface area contributed by atoms with Crippen LogP contribution in [0.2, 0.25) is 0 Å². The second-order valence-corrected chi connectivity index (χ2v) is 12.3. The van der Waals surface area contributed by atoms with E-state index in [4.69, 9.17) is 9.72 Å². The molecule has 7 heteroatoms. The molecule has 41 heavy (non-hydrogen) atoms. The average molecular weight is 546 g/mol. The molecule has 2 unspecified atom stereocenters. The number of imidazole rings is 1. The SMILES string of the molecule is COc1cc(C(=O)N2CC3CCC2[C@@H]3C)cc2nc(-c3cc4cccc(-c5cccnc5)c4n3CC3CC3)n(C)c12. The van der Waals surface area contributed by atoms with Gasteiger partial charge < -0.3 is 18.8 Å². The number of carbonyl (C=O) groups is 1. The van der Waals surface area contributed by atoms with Gasteiger partial charge in [0.25, 0.3) is 5.91 Å². The van der Waals surface area contributed by atoms with E-state index in [1.54, 1.807) is 7.11 Å². The fourth-order valence-electron chi connectivity index (χ4n) is 7.54. The highest BCUT2D eigenvalue weighted by Crippen LogP contribution is 2.44. The number of carbonyl (C=O) groups excluding carboxylic acids is 1. The van der Waals surface area contributed by atoms with E-state index in [9.17, 15) is 4.79 Å². The Balaban J connectivity index is 1.28. The molecule has 5 aromatic rings. The Morgan fingerprint density at radius 1 is 1.05 bits per heavy atom. The van der Waals surface area contributed by atoms with Crippen LogP contribution in [0, 0.1) is 17.8 Å². The summed E-state index contributed by atoms with van der Waals surface area (Å²) in [4.78, 5) is 25.4. The number of para-hydroxylation sites is 1. The molecule has 0 radical (unpaired) electrons. The molecule has 1 aliphatic heterocycles. The Kier molecular flexibility index (Phi) is 5.53. The molecule has 2 aliphatic carbocycles. The van der Waals surface area contributed by atoms with Crippen molar-refractivity contribution in [3.8, 4) is 28.4 Å². The number of aromatic nitrogens is 4. The summed E-state index contributed by atoms with van der Waals surface area (Å²) in [6.45, 7) is 4.11. The first-order valence-electron chi connectivity index (χ1n) is 14.9. The van der Waals surface area contributed by atoms with Crippen molar-refractivity contribution in [2.75, 3.05) is 13.7 Å². The van der Waals surface area contributed by atoms with Gasteiger partial charge in [-0.25, -0.2) is 4.98 Å². The number of aryl methyl sites for hydroxylation is 1. The van der Waals surface area contributed by atoms with Crippen molar-refractivity contribution in [1.82, 2.24) is 24.0 Å². The molecule has 2 bridgehead atoms. The predicted molar refractivity (Wildman–Crippen MR) is 161 cm³/mol. The van der Waals surface area contributed by atoms with E-state index in [1.165, 1.54) is 35.7 Å². The lowest BCUT2D eigenvalue weighted by Gasteiger charge is -2.27. The minimum absolute atomic E-state index is 0.0976. The van der Waals surface area contributed by atoms with Crippen LogP contribution in [0.5, 0.6) is 5.75 Å². The molecule has 3 aromatic heterocycles. The van der Waals surface area contributed by atoms with Crippen LogP contribution in [0.15, 0.2) is 60.9 Å². The highest BCUT2D eigenvalue weighted by atomic mass is 16.5. The summed E-state index contributed by atoms with van der Waals surface area (Å²) in [6.07, 6.45) is 8.61. The first-order valence-corrected chi connectivity index (χ1v) is 14.9. The Hall–Kier alpha value is -4.13. The van der Waals surface area contributed by atoms with Crippen LogP contribution in [0.1, 0.15) is 43.0 Å². The zero-order valence-electron chi connectivity index (χ0n) is 23.9. The minimum atomic E-state index is 0.0976. The fourth-order valence-corrected chi connectivity index (χ4v) is 7.54. The average Bonchev–Trinajstić information content (AvgIpc) is 3.39. The van der Waals surface area contributed by atoms with Crippen molar-refractivity contribution in [3.05, 3.63) is 66.5 Å². The van der Waals surface area contributed by atoms with Gasteiger partial charge in [0.2, 0.25) is 0 Å². The number of fused-ring (bicyclic) bond motifs is 4. The van der Waals surface area contributed by atoms with Crippen molar-refractivity contribution in [2.45, 2.75) is 45.2 Å². The monoisotopic (exact) mass is 545 g/mol. The maximum absolute atomic E-state index is 13.8. The van der Waals surface area contributed by atoms with Gasteiger partial charge in [0.1, 0.15) is 11.3 Å². The van der Waals surface area contributed by atoms with Crippen LogP contribution in [0.4, 0.5) is 0 Å². The molecule has 4 heterocycles. The van der Waals surface area contributed by atoms with Crippen LogP contribution >= 0.6 is 0 Å². The number of ether oxygens (including phenoxy) is 1. The fraction of sp³-hybridized carbons (Fsp3) is 0.382. The Labute approximate surface area is 239 Å². The quantitative estimate of drug-likeness (QED) is 0.243. The topological polar surface area (TPSA) is 65.2 Å². The number of hydrogen-bond acceptors (Lipinski definition) is 4. The van der Waals surface area contributed by atoms with E-state index in [1.807, 2.05) is 30.6 Å². The molecule has 8 rings (SSSR count). The van der Waals surface area contributed by atoms with E-state index >= 15 is 0 Å². The predicted octanol–water partition coefficient (Wildman–Crippen LogP) is 6.55. The van der Waals surface area contributed by atoms with E-state index in [0.717, 1.165) is 47.6 Å². The van der Waals surface area contributed by atoms with Gasteiger partial charge in [-0.2, -0.15) is 0 Å². The third-order valence-corrected chi connectivity index (χ3v) is 9.94. The molecule has 3 fully saturated rings. The second-order valence-electron chi connectivity index (χ2n) is 12.3. The minimum Gasteiger partial charge on any atom is -0.494 e. The summed E-state index contributed by atoms with van der Waals surface area (Å²) in [7, 11) is 3.73. The Morgan fingerprint density at radius 2 is 1.93 bits per heavy atom. The zero-order valence-corrected chi connectivity index (χ0v) is 23.9. The van der Waals surface area contributed by atoms with Crippen LogP contribution in [0.25, 0.3) is 44.6 Å². The smallest absolute Gasteiger partial charge is 0.254 e. The maximum Gasteiger partial charge on any atom is 0.254 e. The zero-order chi connectivity index (χ0) is 27.8. The highest BCUT2D eigenvalue weighted by Gasteiger charge is 2.46. The lowest BCUT2D eigenvalue weighted by atomic mass is 10.0. The van der Waals surface area contributed by atoms with E-state index < -0.39 is 0 Å². The summed E-state index contributed by atoms with van der Waals surface area (Å²) in [5.74, 6) is 3.55. The van der Waals surface area contributed by atoms with Gasteiger partial charge in [-0.15, -0.1) is 0 Å². The lowest BCUT2D eigenvalue weighted by Crippen LogP contribution is -2.38. The normalized spacial score (nSPS) is 21.8. The van der Waals surface area contributed by atoms with E-state index in [2.05, 4.69) is 63.3 Å². The van der Waals surface area contributed by atoms with Crippen molar-refractivity contribution in [1.29, 1.82) is 0 Å². The molecule has 2 aromatic carbocycles. The van der Waals surface area contributed by atoms with Crippen LogP contribution in [-0.2, 0) is 13.6 Å². The van der Waals surface area contributed by atoms with Gasteiger partial charge in [-0.05, 0) is 67.7 Å². The number of piperidine rings is 1. The van der Waals surface area contributed by atoms with Crippen LogP contribution in [0.3, 0.4) is 0 Å². The van der Waals surface area contributed by atoms with Gasteiger partial charge in [-0.1, -0.05) is 31.2 Å². The maximum atomic E-state index is 13.8. The van der Waals surface area contributed by atoms with Gasteiger partial charge in [0.05, 0.1) is 23.8 Å². The molecule has 7 nitrogen and oxygen atoms in total. The van der Waals surface area contributed by atoms with Crippen molar-refractivity contribution >= 4 is 27.8 Å². The molecule has 208 valence electrons. The number of hydrogen-bond donors (Lipinski definition) is 0. The van der Waals surface area contributed by atoms with Crippen molar-refractivity contribution in [3.63, 3.8) is 0 Å². The van der Waals surface area contributed by atoms with Gasteiger partial charge in [0.15, 0.2) is 5.82 Å². The van der Waals surface area contributed by atoms with Gasteiger partial charge in [0, 0.05) is 60.6 Å². The molecular weight excluding hydrogens is 510 g/mol. The molecular formula is C34H35N5O2. The number of likely N-dealkylation sites (tertiary alicyclic amines) is 1. The largest absolute Gasteiger partial charge is 0.494 e. The Morgan fingerprint density at radius 3 is 2.63 bits per heavy atom. The third-order valence-electron chi connectivity index (χ3n) is 9.94. The summed E-state index contributed by atoms with van der Waals surface area (Å²) in [6, 6.07) is 17.1. The van der Waals surface area contributed by atoms with E-state index in [0.29, 0.717) is 35.1 Å². The van der Waals surface area contributed by atoms with Crippen molar-refractivity contribution < 1.29 is 9.53 Å². The molecule has 0 spiro atoms. The van der Waals surface area contributed by atoms with Gasteiger partial charge in [-0.3, -0.25) is 9.78 Å². The van der Waals surface area contributed by atoms with Crippen LogP contribution < -0.4 is 4.74 Å². The number of nitrogens with zero attached hydrogens (tertiary/aromatic N) is 5. The number of pyridine rings is 1. The summed E-state index contributed by atoms with van der Waals surface area (Å²) < 4.78 is 10.5. The standard InChI is InChI=1S/C34H35N5O2/c1-20-24-11-12-28(20)39(19-24)34(40)25-14-27-32(30(16-25)41-3)37(2)33(36-27)29-15-22-6-4-8-26(23-7-5-13-35-17-23)31(22)38(29)18-21-9-10-21/h4-8,13-17,20-21,24,28H,9-12,18-19H2,1-3H3/t20-,24?,28?/m1/s1. The first-order chi connectivity index (χ1) is 20.0. The molecule has 3 atom stereocenters. The Bertz CT molecular complexity index is 1820. The number of amides is 1. The molecule has 3 aliphatic rings. The van der Waals surface area contributed by atoms with Crippen molar-refractivity contribution in [2.24, 2.45) is 24.8 Å². The first kappa shape index (κ1) is 24.6. The second kappa shape index (κ2) is 9.20. The highest BCUT2D eigenvalue weighted by molar-refractivity contribution is 6.01. The van der Waals surface area contributed by atoms with Crippen LogP contribution in [-0.4, -0.2) is 49.6 Å². The number of methoxy groups -OCH3 is 1. The number of benzene rings is 2. The molecule has 1 amide bonds.